The van der Waals surface area contributed by atoms with Crippen molar-refractivity contribution in [2.75, 3.05) is 45.9 Å². The molecule has 2 rings (SSSR count). The number of rotatable bonds is 4. The van der Waals surface area contributed by atoms with Crippen molar-refractivity contribution in [3.8, 4) is 0 Å². The Labute approximate surface area is 116 Å². The molecule has 0 aliphatic carbocycles. The van der Waals surface area contributed by atoms with Crippen molar-refractivity contribution in [2.24, 2.45) is 11.1 Å². The molecule has 2 N–H and O–H groups in total. The van der Waals surface area contributed by atoms with Crippen molar-refractivity contribution in [1.29, 1.82) is 0 Å². The minimum atomic E-state index is -0.105. The molecular formula is C14H27N3O2. The van der Waals surface area contributed by atoms with Crippen molar-refractivity contribution in [2.45, 2.75) is 32.7 Å². The number of nitrogens with two attached hydrogens (primary N) is 1. The highest BCUT2D eigenvalue weighted by atomic mass is 16.5. The van der Waals surface area contributed by atoms with Gasteiger partial charge in [-0.2, -0.15) is 0 Å². The van der Waals surface area contributed by atoms with E-state index in [1.54, 1.807) is 0 Å². The maximum Gasteiger partial charge on any atom is 0.223 e. The zero-order valence-electron chi connectivity index (χ0n) is 12.2. The van der Waals surface area contributed by atoms with Gasteiger partial charge in [0.1, 0.15) is 0 Å². The number of amides is 1. The molecular weight excluding hydrogens is 242 g/mol. The highest BCUT2D eigenvalue weighted by Gasteiger charge is 2.37. The van der Waals surface area contributed by atoms with Gasteiger partial charge in [0.25, 0.3) is 0 Å². The van der Waals surface area contributed by atoms with E-state index in [0.29, 0.717) is 25.6 Å². The van der Waals surface area contributed by atoms with Gasteiger partial charge < -0.3 is 15.4 Å². The third kappa shape index (κ3) is 3.46. The molecule has 2 aliphatic heterocycles. The van der Waals surface area contributed by atoms with Crippen molar-refractivity contribution >= 4 is 5.91 Å². The first-order valence-corrected chi connectivity index (χ1v) is 7.36. The molecule has 0 aromatic heterocycles. The minimum Gasteiger partial charge on any atom is -0.381 e. The summed E-state index contributed by atoms with van der Waals surface area (Å²) >= 11 is 0. The molecule has 1 unspecified atom stereocenters. The van der Waals surface area contributed by atoms with Gasteiger partial charge in [-0.3, -0.25) is 9.69 Å². The number of ether oxygens (including phenoxy) is 1. The summed E-state index contributed by atoms with van der Waals surface area (Å²) in [6, 6.07) is 0.566. The average Bonchev–Trinajstić information content (AvgIpc) is 2.88. The molecule has 5 heteroatoms. The summed E-state index contributed by atoms with van der Waals surface area (Å²) in [6.07, 6.45) is 1.46. The van der Waals surface area contributed by atoms with Gasteiger partial charge in [0.05, 0.1) is 6.61 Å². The predicted molar refractivity (Wildman–Crippen MR) is 74.8 cm³/mol. The third-order valence-corrected chi connectivity index (χ3v) is 4.54. The maximum absolute atomic E-state index is 12.4. The van der Waals surface area contributed by atoms with Crippen LogP contribution in [0.4, 0.5) is 0 Å². The van der Waals surface area contributed by atoms with Crippen LogP contribution in [-0.2, 0) is 9.53 Å². The summed E-state index contributed by atoms with van der Waals surface area (Å²) in [5.41, 5.74) is 5.74. The molecule has 2 fully saturated rings. The van der Waals surface area contributed by atoms with E-state index in [-0.39, 0.29) is 11.3 Å². The fourth-order valence-corrected chi connectivity index (χ4v) is 2.94. The zero-order valence-corrected chi connectivity index (χ0v) is 12.2. The number of carbonyl (C=O) groups is 1. The predicted octanol–water partition coefficient (Wildman–Crippen LogP) is 0.295. The summed E-state index contributed by atoms with van der Waals surface area (Å²) in [6.45, 7) is 9.99. The highest BCUT2D eigenvalue weighted by Crippen LogP contribution is 2.32. The van der Waals surface area contributed by atoms with E-state index in [0.717, 1.165) is 39.2 Å². The van der Waals surface area contributed by atoms with Crippen molar-refractivity contribution in [1.82, 2.24) is 9.80 Å². The topological polar surface area (TPSA) is 58.8 Å². The number of hydrogen-bond acceptors (Lipinski definition) is 4. The Morgan fingerprint density at radius 1 is 1.32 bits per heavy atom. The molecule has 0 radical (unpaired) electrons. The van der Waals surface area contributed by atoms with E-state index in [1.165, 1.54) is 0 Å². The van der Waals surface area contributed by atoms with Gasteiger partial charge >= 0.3 is 0 Å². The van der Waals surface area contributed by atoms with Crippen LogP contribution in [0.1, 0.15) is 26.7 Å². The molecule has 2 saturated heterocycles. The van der Waals surface area contributed by atoms with Gasteiger partial charge in [0.2, 0.25) is 5.91 Å². The number of piperazine rings is 1. The zero-order chi connectivity index (χ0) is 13.9. The molecule has 0 aromatic rings. The van der Waals surface area contributed by atoms with Gasteiger partial charge in [-0.05, 0) is 20.3 Å². The lowest BCUT2D eigenvalue weighted by Gasteiger charge is -2.38. The molecule has 2 heterocycles. The van der Waals surface area contributed by atoms with Crippen LogP contribution in [-0.4, -0.2) is 67.7 Å². The van der Waals surface area contributed by atoms with E-state index in [4.69, 9.17) is 10.5 Å². The van der Waals surface area contributed by atoms with Crippen LogP contribution in [0.15, 0.2) is 0 Å². The van der Waals surface area contributed by atoms with Crippen LogP contribution < -0.4 is 5.73 Å². The molecule has 110 valence electrons. The minimum absolute atomic E-state index is 0.105. The van der Waals surface area contributed by atoms with Crippen molar-refractivity contribution in [3.63, 3.8) is 0 Å². The Hall–Kier alpha value is -0.650. The van der Waals surface area contributed by atoms with E-state index < -0.39 is 0 Å². The Bertz CT molecular complexity index is 306. The van der Waals surface area contributed by atoms with Gasteiger partial charge in [-0.15, -0.1) is 0 Å². The van der Waals surface area contributed by atoms with Crippen LogP contribution in [0.2, 0.25) is 0 Å². The van der Waals surface area contributed by atoms with E-state index in [9.17, 15) is 4.79 Å². The molecule has 1 amide bonds. The summed E-state index contributed by atoms with van der Waals surface area (Å²) < 4.78 is 5.43. The average molecular weight is 269 g/mol. The molecule has 0 aromatic carbocycles. The van der Waals surface area contributed by atoms with Gasteiger partial charge in [0.15, 0.2) is 0 Å². The van der Waals surface area contributed by atoms with Gasteiger partial charge in [0, 0.05) is 57.2 Å². The maximum atomic E-state index is 12.4. The summed E-state index contributed by atoms with van der Waals surface area (Å²) in [5, 5.41) is 0. The number of hydrogen-bond donors (Lipinski definition) is 1. The van der Waals surface area contributed by atoms with Gasteiger partial charge in [-0.1, -0.05) is 0 Å². The van der Waals surface area contributed by atoms with E-state index >= 15 is 0 Å². The van der Waals surface area contributed by atoms with Gasteiger partial charge in [-0.25, -0.2) is 0 Å². The largest absolute Gasteiger partial charge is 0.381 e. The Morgan fingerprint density at radius 3 is 2.47 bits per heavy atom. The SMILES string of the molecule is CC(C)N1CCN(C(=O)CC2(CN)CCOC2)CC1. The van der Waals surface area contributed by atoms with Crippen LogP contribution >= 0.6 is 0 Å². The summed E-state index contributed by atoms with van der Waals surface area (Å²) in [5.74, 6) is 0.249. The third-order valence-electron chi connectivity index (χ3n) is 4.54. The number of nitrogens with zero attached hydrogens (tertiary/aromatic N) is 2. The van der Waals surface area contributed by atoms with Crippen LogP contribution in [0, 0.1) is 5.41 Å². The van der Waals surface area contributed by atoms with E-state index in [2.05, 4.69) is 18.7 Å². The molecule has 2 aliphatic rings. The normalized spacial score (nSPS) is 29.2. The Balaban J connectivity index is 1.84. The second-order valence-corrected chi connectivity index (χ2v) is 6.19. The fourth-order valence-electron chi connectivity index (χ4n) is 2.94. The first kappa shape index (κ1) is 14.8. The summed E-state index contributed by atoms with van der Waals surface area (Å²) in [7, 11) is 0. The molecule has 1 atom stereocenters. The summed E-state index contributed by atoms with van der Waals surface area (Å²) in [4.78, 5) is 16.8. The lowest BCUT2D eigenvalue weighted by Crippen LogP contribution is -2.51. The molecule has 5 nitrogen and oxygen atoms in total. The monoisotopic (exact) mass is 269 g/mol. The van der Waals surface area contributed by atoms with Crippen molar-refractivity contribution in [3.05, 3.63) is 0 Å². The van der Waals surface area contributed by atoms with Crippen LogP contribution in [0.5, 0.6) is 0 Å². The van der Waals surface area contributed by atoms with Crippen LogP contribution in [0.25, 0.3) is 0 Å². The Kier molecular flexibility index (Phi) is 4.81. The molecule has 0 bridgehead atoms. The van der Waals surface area contributed by atoms with Crippen LogP contribution in [0.3, 0.4) is 0 Å². The lowest BCUT2D eigenvalue weighted by atomic mass is 9.83. The molecule has 0 spiro atoms. The Morgan fingerprint density at radius 2 is 2.00 bits per heavy atom. The molecule has 19 heavy (non-hydrogen) atoms. The highest BCUT2D eigenvalue weighted by molar-refractivity contribution is 5.77. The second-order valence-electron chi connectivity index (χ2n) is 6.19. The standard InChI is InChI=1S/C14H27N3O2/c1-12(2)16-4-6-17(7-5-16)13(18)9-14(10-15)3-8-19-11-14/h12H,3-11,15H2,1-2H3. The quantitative estimate of drug-likeness (QED) is 0.797. The van der Waals surface area contributed by atoms with Crippen molar-refractivity contribution < 1.29 is 9.53 Å². The first-order valence-electron chi connectivity index (χ1n) is 7.36. The fraction of sp³-hybridized carbons (Fsp3) is 0.929. The number of carbonyl (C=O) groups excluding carboxylic acids is 1. The second kappa shape index (κ2) is 6.20. The smallest absolute Gasteiger partial charge is 0.223 e. The first-order chi connectivity index (χ1) is 9.06. The molecule has 0 saturated carbocycles. The van der Waals surface area contributed by atoms with E-state index in [1.807, 2.05) is 4.90 Å². The lowest BCUT2D eigenvalue weighted by molar-refractivity contribution is -0.135.